The van der Waals surface area contributed by atoms with E-state index in [9.17, 15) is 29.4 Å². The minimum Gasteiger partial charge on any atom is -0.507 e. The molecule has 17 heteroatoms. The third-order valence-electron chi connectivity index (χ3n) is 13.4. The maximum Gasteiger partial charge on any atom is 0.262 e. The van der Waals surface area contributed by atoms with Gasteiger partial charge < -0.3 is 49.0 Å². The number of imide groups is 1. The van der Waals surface area contributed by atoms with Crippen LogP contribution in [0, 0.1) is 5.92 Å². The molecule has 1 unspecified atom stereocenters. The summed E-state index contributed by atoms with van der Waals surface area (Å²) in [5.41, 5.74) is 5.63. The fraction of sp³-hybridized carbons (Fsp3) is 0.551. The average Bonchev–Trinajstić information content (AvgIpc) is 3.90. The Balaban J connectivity index is 0.678. The first kappa shape index (κ1) is 47.0. The van der Waals surface area contributed by atoms with Crippen LogP contribution >= 0.6 is 0 Å². The number of amides is 4. The van der Waals surface area contributed by atoms with E-state index in [1.165, 1.54) is 19.1 Å². The summed E-state index contributed by atoms with van der Waals surface area (Å²) in [4.78, 5) is 59.2. The van der Waals surface area contributed by atoms with Gasteiger partial charge in [0.25, 0.3) is 11.8 Å². The molecule has 0 bridgehead atoms. The number of piperidine rings is 1. The van der Waals surface area contributed by atoms with Crippen molar-refractivity contribution in [2.24, 2.45) is 5.92 Å². The second kappa shape index (κ2) is 22.4. The van der Waals surface area contributed by atoms with Gasteiger partial charge in [0.05, 0.1) is 53.4 Å². The fourth-order valence-corrected chi connectivity index (χ4v) is 9.73. The van der Waals surface area contributed by atoms with E-state index in [4.69, 9.17) is 23.7 Å². The third-order valence-corrected chi connectivity index (χ3v) is 13.4. The Morgan fingerprint density at radius 2 is 1.52 bits per heavy atom. The highest BCUT2D eigenvalue weighted by Gasteiger charge is 2.40. The zero-order valence-corrected chi connectivity index (χ0v) is 38.0. The number of aromatic hydroxyl groups is 2. The average molecular weight is 913 g/mol. The monoisotopic (exact) mass is 912 g/mol. The lowest BCUT2D eigenvalue weighted by Crippen LogP contribution is -2.52. The van der Waals surface area contributed by atoms with E-state index in [-0.39, 0.29) is 52.7 Å². The molecule has 3 fully saturated rings. The molecular weight excluding hydrogens is 849 g/mol. The van der Waals surface area contributed by atoms with Crippen molar-refractivity contribution >= 4 is 29.3 Å². The van der Waals surface area contributed by atoms with Gasteiger partial charge in [-0.15, -0.1) is 0 Å². The molecule has 4 heterocycles. The Bertz CT molecular complexity index is 2210. The predicted molar refractivity (Wildman–Crippen MR) is 244 cm³/mol. The van der Waals surface area contributed by atoms with Gasteiger partial charge in [-0.2, -0.15) is 0 Å². The van der Waals surface area contributed by atoms with Crippen LogP contribution in [0.5, 0.6) is 23.0 Å². The molecule has 1 aliphatic carbocycles. The number of carbonyl (C=O) groups is 4. The van der Waals surface area contributed by atoms with Gasteiger partial charge in [-0.3, -0.25) is 34.3 Å². The summed E-state index contributed by atoms with van der Waals surface area (Å²) in [5.74, 6) is -1.36. The van der Waals surface area contributed by atoms with Crippen LogP contribution in [-0.2, 0) is 50.0 Å². The number of nitrogens with one attached hydrogen (secondary N) is 2. The molecule has 0 radical (unpaired) electrons. The zero-order valence-electron chi connectivity index (χ0n) is 38.0. The van der Waals surface area contributed by atoms with Crippen molar-refractivity contribution in [1.82, 2.24) is 24.9 Å². The molecule has 3 aromatic rings. The highest BCUT2D eigenvalue weighted by Crippen LogP contribution is 2.46. The molecule has 4 amide bonds. The van der Waals surface area contributed by atoms with E-state index in [2.05, 4.69) is 38.6 Å². The van der Waals surface area contributed by atoms with E-state index < -0.39 is 11.9 Å². The van der Waals surface area contributed by atoms with Crippen LogP contribution in [0.3, 0.4) is 0 Å². The van der Waals surface area contributed by atoms with Crippen molar-refractivity contribution in [3.05, 3.63) is 75.8 Å². The number of rotatable bonds is 21. The first-order valence-electron chi connectivity index (χ1n) is 23.5. The lowest BCUT2D eigenvalue weighted by atomic mass is 9.90. The summed E-state index contributed by atoms with van der Waals surface area (Å²) in [7, 11) is 1.42. The van der Waals surface area contributed by atoms with Crippen LogP contribution in [0.2, 0.25) is 0 Å². The van der Waals surface area contributed by atoms with Crippen molar-refractivity contribution in [2.75, 3.05) is 97.9 Å². The topological polar surface area (TPSA) is 192 Å². The Morgan fingerprint density at radius 1 is 0.788 bits per heavy atom. The number of carbonyl (C=O) groups excluding carboxylic acids is 4. The van der Waals surface area contributed by atoms with Crippen molar-refractivity contribution < 1.29 is 53.1 Å². The maximum atomic E-state index is 14.0. The lowest BCUT2D eigenvalue weighted by Gasteiger charge is -2.34. The van der Waals surface area contributed by atoms with E-state index in [1.807, 2.05) is 12.1 Å². The standard InChI is InChI=1S/C49H64N6O11/c1-62-45-42(57)27-41(56)44(46(45)66-32-33-6-3-2-4-7-33)49(61)54-29-35-11-10-34(26-36(35)30-54)28-53-17-15-52(16-18-53)19-21-64-23-25-65-24-22-63-20-14-50-39-9-5-8-37-38(39)31-55(48(37)60)40-12-13-43(58)51-47(40)59/h5,8-11,26-27,33,40,50,56-57H,2-4,6-7,12-25,28-32H2,1H3,(H,51,58,59). The molecule has 0 aromatic heterocycles. The quantitative estimate of drug-likeness (QED) is 0.0876. The van der Waals surface area contributed by atoms with Crippen molar-refractivity contribution in [1.29, 1.82) is 0 Å². The molecule has 4 aliphatic heterocycles. The van der Waals surface area contributed by atoms with Crippen LogP contribution in [0.15, 0.2) is 42.5 Å². The van der Waals surface area contributed by atoms with Gasteiger partial charge in [-0.1, -0.05) is 43.5 Å². The number of nitrogens with zero attached hydrogens (tertiary/aromatic N) is 4. The summed E-state index contributed by atoms with van der Waals surface area (Å²) in [6.07, 6.45) is 6.16. The summed E-state index contributed by atoms with van der Waals surface area (Å²) in [6, 6.07) is 12.4. The lowest BCUT2D eigenvalue weighted by molar-refractivity contribution is -0.136. The number of methoxy groups -OCH3 is 1. The normalized spacial score (nSPS) is 19.2. The molecule has 8 rings (SSSR count). The number of phenols is 2. The summed E-state index contributed by atoms with van der Waals surface area (Å²) < 4.78 is 28.9. The van der Waals surface area contributed by atoms with E-state index in [0.717, 1.165) is 93.4 Å². The third kappa shape index (κ3) is 11.4. The number of fused-ring (bicyclic) bond motifs is 2. The Hall–Kier alpha value is -5.46. The van der Waals surface area contributed by atoms with Crippen LogP contribution in [0.25, 0.3) is 0 Å². The number of ether oxygens (including phenoxy) is 5. The molecule has 17 nitrogen and oxygen atoms in total. The molecule has 5 aliphatic rings. The number of hydrogen-bond donors (Lipinski definition) is 4. The highest BCUT2D eigenvalue weighted by atomic mass is 16.5. The van der Waals surface area contributed by atoms with E-state index >= 15 is 0 Å². The molecule has 1 atom stereocenters. The van der Waals surface area contributed by atoms with Crippen LogP contribution in [0.4, 0.5) is 5.69 Å². The Kier molecular flexibility index (Phi) is 15.9. The Labute approximate surface area is 386 Å². The van der Waals surface area contributed by atoms with Crippen molar-refractivity contribution in [3.63, 3.8) is 0 Å². The fourth-order valence-electron chi connectivity index (χ4n) is 9.73. The second-order valence-electron chi connectivity index (χ2n) is 17.8. The van der Waals surface area contributed by atoms with E-state index in [1.54, 1.807) is 15.9 Å². The zero-order chi connectivity index (χ0) is 46.0. The number of phenolic OH excluding ortho intramolecular Hbond substituents is 2. The molecule has 66 heavy (non-hydrogen) atoms. The smallest absolute Gasteiger partial charge is 0.262 e. The molecule has 2 saturated heterocycles. The number of piperazine rings is 1. The van der Waals surface area contributed by atoms with Crippen molar-refractivity contribution in [2.45, 2.75) is 77.2 Å². The molecule has 0 spiro atoms. The largest absolute Gasteiger partial charge is 0.507 e. The first-order chi connectivity index (χ1) is 32.2. The van der Waals surface area contributed by atoms with Gasteiger partial charge in [0.2, 0.25) is 17.6 Å². The van der Waals surface area contributed by atoms with Gasteiger partial charge in [0.15, 0.2) is 11.5 Å². The Morgan fingerprint density at radius 3 is 2.27 bits per heavy atom. The van der Waals surface area contributed by atoms with E-state index in [0.29, 0.717) is 90.3 Å². The van der Waals surface area contributed by atoms with Gasteiger partial charge in [0.1, 0.15) is 17.4 Å². The molecular formula is C49H64N6O11. The summed E-state index contributed by atoms with van der Waals surface area (Å²) in [6.45, 7) is 10.6. The van der Waals surface area contributed by atoms with Gasteiger partial charge in [0, 0.05) is 94.7 Å². The number of hydrogen-bond acceptors (Lipinski definition) is 14. The van der Waals surface area contributed by atoms with Crippen LogP contribution < -0.4 is 20.1 Å². The van der Waals surface area contributed by atoms with Gasteiger partial charge in [-0.25, -0.2) is 0 Å². The molecule has 3 aromatic carbocycles. The summed E-state index contributed by atoms with van der Waals surface area (Å²) in [5, 5.41) is 27.2. The maximum absolute atomic E-state index is 14.0. The minimum atomic E-state index is -0.645. The summed E-state index contributed by atoms with van der Waals surface area (Å²) >= 11 is 0. The highest BCUT2D eigenvalue weighted by molar-refractivity contribution is 6.06. The van der Waals surface area contributed by atoms with Crippen LogP contribution in [0.1, 0.15) is 87.9 Å². The second-order valence-corrected chi connectivity index (χ2v) is 17.8. The molecule has 356 valence electrons. The minimum absolute atomic E-state index is 0.0205. The number of anilines is 1. The van der Waals surface area contributed by atoms with Crippen LogP contribution in [-0.4, -0.2) is 152 Å². The van der Waals surface area contributed by atoms with Gasteiger partial charge >= 0.3 is 0 Å². The van der Waals surface area contributed by atoms with Crippen molar-refractivity contribution in [3.8, 4) is 23.0 Å². The molecule has 1 saturated carbocycles. The van der Waals surface area contributed by atoms with Gasteiger partial charge in [-0.05, 0) is 54.0 Å². The number of benzene rings is 3. The molecule has 4 N–H and O–H groups in total. The SMILES string of the molecule is COc1c(O)cc(O)c(C(=O)N2Cc3ccc(CN4CCN(CCOCCOCCOCCNc5cccc6c5CN(C5CCC(=O)NC5=O)C6=O)CC4)cc3C2)c1OCC1CCCCC1. The predicted octanol–water partition coefficient (Wildman–Crippen LogP) is 4.26. The first-order valence-corrected chi connectivity index (χ1v) is 23.5.